The summed E-state index contributed by atoms with van der Waals surface area (Å²) in [5.74, 6) is -2.89. The summed E-state index contributed by atoms with van der Waals surface area (Å²) >= 11 is 0. The molecular formula is C22H24FN3O5. The van der Waals surface area contributed by atoms with E-state index in [2.05, 4.69) is 10.5 Å². The van der Waals surface area contributed by atoms with Gasteiger partial charge in [-0.15, -0.1) is 4.91 Å². The number of rotatable bonds is 6. The second-order valence-corrected chi connectivity index (χ2v) is 7.65. The predicted molar refractivity (Wildman–Crippen MR) is 114 cm³/mol. The van der Waals surface area contributed by atoms with Crippen LogP contribution in [-0.2, 0) is 9.53 Å². The van der Waals surface area contributed by atoms with Crippen molar-refractivity contribution in [2.45, 2.75) is 45.8 Å². The molecule has 8 nitrogen and oxygen atoms in total. The molecule has 0 radical (unpaired) electrons. The first-order valence-corrected chi connectivity index (χ1v) is 9.63. The maximum atomic E-state index is 14.5. The number of hydrogen-bond donors (Lipinski definition) is 1. The van der Waals surface area contributed by atoms with Gasteiger partial charge in [0.15, 0.2) is 0 Å². The number of carbonyl (C=O) groups excluding carboxylic acids is 3. The van der Waals surface area contributed by atoms with E-state index in [1.54, 1.807) is 45.9 Å². The van der Waals surface area contributed by atoms with E-state index in [4.69, 9.17) is 4.74 Å². The Kier molecular flexibility index (Phi) is 7.57. The Morgan fingerprint density at radius 1 is 1.10 bits per heavy atom. The number of nitrogens with one attached hydrogen (secondary N) is 1. The van der Waals surface area contributed by atoms with Crippen LogP contribution in [-0.4, -0.2) is 29.6 Å². The minimum Gasteiger partial charge on any atom is -0.444 e. The van der Waals surface area contributed by atoms with Crippen LogP contribution in [0.15, 0.2) is 53.7 Å². The molecule has 0 heterocycles. The predicted octanol–water partition coefficient (Wildman–Crippen LogP) is 4.70. The number of imide groups is 1. The van der Waals surface area contributed by atoms with Gasteiger partial charge in [-0.1, -0.05) is 31.2 Å². The Hall–Kier alpha value is -3.62. The van der Waals surface area contributed by atoms with Gasteiger partial charge in [-0.2, -0.15) is 0 Å². The van der Waals surface area contributed by atoms with E-state index < -0.39 is 46.6 Å². The van der Waals surface area contributed by atoms with Crippen LogP contribution < -0.4 is 10.2 Å². The van der Waals surface area contributed by atoms with E-state index in [1.807, 2.05) is 0 Å². The molecule has 0 fully saturated rings. The zero-order chi connectivity index (χ0) is 23.2. The zero-order valence-electron chi connectivity index (χ0n) is 17.7. The molecule has 2 rings (SSSR count). The number of halogens is 1. The summed E-state index contributed by atoms with van der Waals surface area (Å²) < 4.78 is 19.6. The van der Waals surface area contributed by atoms with Gasteiger partial charge in [0.1, 0.15) is 28.7 Å². The lowest BCUT2D eigenvalue weighted by molar-refractivity contribution is -0.120. The van der Waals surface area contributed by atoms with Crippen LogP contribution in [0.5, 0.6) is 0 Å². The Morgan fingerprint density at radius 2 is 1.74 bits per heavy atom. The van der Waals surface area contributed by atoms with Crippen LogP contribution in [0.3, 0.4) is 0 Å². The highest BCUT2D eigenvalue weighted by Gasteiger charge is 2.34. The van der Waals surface area contributed by atoms with Crippen LogP contribution in [0.25, 0.3) is 0 Å². The molecule has 2 aromatic carbocycles. The lowest BCUT2D eigenvalue weighted by Crippen LogP contribution is -2.51. The normalized spacial score (nSPS) is 11.9. The average Bonchev–Trinajstić information content (AvgIpc) is 2.71. The Balaban J connectivity index is 2.47. The number of benzene rings is 2. The molecule has 1 atom stereocenters. The van der Waals surface area contributed by atoms with Crippen molar-refractivity contribution in [1.82, 2.24) is 5.32 Å². The molecule has 3 amide bonds. The molecule has 9 heteroatoms. The first-order chi connectivity index (χ1) is 14.6. The number of para-hydroxylation sites is 1. The van der Waals surface area contributed by atoms with Crippen molar-refractivity contribution >= 4 is 29.3 Å². The topological polar surface area (TPSA) is 105 Å². The Morgan fingerprint density at radius 3 is 2.29 bits per heavy atom. The molecule has 0 aliphatic heterocycles. The smallest absolute Gasteiger partial charge is 0.408 e. The third-order valence-electron chi connectivity index (χ3n) is 4.14. The summed E-state index contributed by atoms with van der Waals surface area (Å²) in [4.78, 5) is 50.6. The standard InChI is InChI=1S/C22H24FN3O5/c1-5-16(24-21(29)31-22(2,3)4)19(27)26(14-10-7-6-8-11-14)20(28)18-15(23)12-9-13-17(18)25-30/h6-13,16H,5H2,1-4H3,(H,24,29)/t16-/m0/s1. The van der Waals surface area contributed by atoms with Crippen LogP contribution in [0.1, 0.15) is 44.5 Å². The molecule has 0 saturated carbocycles. The number of hydrogen-bond acceptors (Lipinski definition) is 6. The second kappa shape index (κ2) is 9.92. The first-order valence-electron chi connectivity index (χ1n) is 9.63. The maximum Gasteiger partial charge on any atom is 0.408 e. The molecule has 164 valence electrons. The highest BCUT2D eigenvalue weighted by atomic mass is 19.1. The van der Waals surface area contributed by atoms with Crippen molar-refractivity contribution in [3.05, 3.63) is 64.8 Å². The van der Waals surface area contributed by atoms with Crippen LogP contribution in [0.2, 0.25) is 0 Å². The molecule has 0 aliphatic rings. The zero-order valence-corrected chi connectivity index (χ0v) is 17.7. The minimum absolute atomic E-state index is 0.130. The van der Waals surface area contributed by atoms with Crippen molar-refractivity contribution in [2.75, 3.05) is 4.90 Å². The summed E-state index contributed by atoms with van der Waals surface area (Å²) in [5, 5.41) is 5.14. The number of ether oxygens (including phenoxy) is 1. The van der Waals surface area contributed by atoms with Gasteiger partial charge in [0.05, 0.1) is 5.69 Å². The maximum absolute atomic E-state index is 14.5. The number of alkyl carbamates (subject to hydrolysis) is 1. The van der Waals surface area contributed by atoms with Crippen molar-refractivity contribution in [3.63, 3.8) is 0 Å². The summed E-state index contributed by atoms with van der Waals surface area (Å²) in [7, 11) is 0. The quantitative estimate of drug-likeness (QED) is 0.670. The molecule has 0 saturated heterocycles. The van der Waals surface area contributed by atoms with Crippen LogP contribution >= 0.6 is 0 Å². The largest absolute Gasteiger partial charge is 0.444 e. The van der Waals surface area contributed by atoms with Gasteiger partial charge < -0.3 is 10.1 Å². The average molecular weight is 429 g/mol. The number of amides is 3. The molecular weight excluding hydrogens is 405 g/mol. The summed E-state index contributed by atoms with van der Waals surface area (Å²) in [5.41, 5.74) is -1.73. The first kappa shape index (κ1) is 23.7. The van der Waals surface area contributed by atoms with E-state index in [9.17, 15) is 23.7 Å². The fourth-order valence-electron chi connectivity index (χ4n) is 2.78. The highest BCUT2D eigenvalue weighted by Crippen LogP contribution is 2.27. The molecule has 0 spiro atoms. The third-order valence-corrected chi connectivity index (χ3v) is 4.14. The van der Waals surface area contributed by atoms with E-state index in [-0.39, 0.29) is 12.1 Å². The van der Waals surface area contributed by atoms with Gasteiger partial charge in [-0.3, -0.25) is 9.59 Å². The van der Waals surface area contributed by atoms with Gasteiger partial charge in [-0.05, 0) is 56.6 Å². The molecule has 0 aliphatic carbocycles. The second-order valence-electron chi connectivity index (χ2n) is 7.65. The van der Waals surface area contributed by atoms with Crippen LogP contribution in [0.4, 0.5) is 20.6 Å². The summed E-state index contributed by atoms with van der Waals surface area (Å²) in [6.45, 7) is 6.64. The molecule has 31 heavy (non-hydrogen) atoms. The fraction of sp³-hybridized carbons (Fsp3) is 0.318. The molecule has 0 unspecified atom stereocenters. The van der Waals surface area contributed by atoms with E-state index in [0.717, 1.165) is 11.0 Å². The van der Waals surface area contributed by atoms with Gasteiger partial charge in [0, 0.05) is 0 Å². The summed E-state index contributed by atoms with van der Waals surface area (Å²) in [6.07, 6.45) is -0.709. The van der Waals surface area contributed by atoms with Crippen molar-refractivity contribution < 1.29 is 23.5 Å². The van der Waals surface area contributed by atoms with Gasteiger partial charge in [0.25, 0.3) is 11.8 Å². The molecule has 0 aromatic heterocycles. The summed E-state index contributed by atoms with van der Waals surface area (Å²) in [6, 6.07) is 10.1. The Labute approximate surface area is 179 Å². The number of anilines is 1. The van der Waals surface area contributed by atoms with E-state index in [0.29, 0.717) is 0 Å². The number of nitroso groups, excluding NO2 is 1. The van der Waals surface area contributed by atoms with Crippen LogP contribution in [0, 0.1) is 10.7 Å². The van der Waals surface area contributed by atoms with Crippen molar-refractivity contribution in [2.24, 2.45) is 5.18 Å². The highest BCUT2D eigenvalue weighted by molar-refractivity contribution is 6.24. The monoisotopic (exact) mass is 429 g/mol. The SMILES string of the molecule is CC[C@H](NC(=O)OC(C)(C)C)C(=O)N(C(=O)c1c(F)cccc1N=O)c1ccccc1. The lowest BCUT2D eigenvalue weighted by atomic mass is 10.1. The fourth-order valence-corrected chi connectivity index (χ4v) is 2.78. The van der Waals surface area contributed by atoms with Crippen molar-refractivity contribution in [1.29, 1.82) is 0 Å². The lowest BCUT2D eigenvalue weighted by Gasteiger charge is -2.27. The number of nitrogens with zero attached hydrogens (tertiary/aromatic N) is 2. The minimum atomic E-state index is -1.14. The van der Waals surface area contributed by atoms with Gasteiger partial charge in [0.2, 0.25) is 0 Å². The third kappa shape index (κ3) is 5.94. The Bertz CT molecular complexity index is 973. The number of carbonyl (C=O) groups is 3. The molecule has 1 N–H and O–H groups in total. The molecule has 0 bridgehead atoms. The van der Waals surface area contributed by atoms with Gasteiger partial charge >= 0.3 is 6.09 Å². The van der Waals surface area contributed by atoms with Crippen molar-refractivity contribution in [3.8, 4) is 0 Å². The van der Waals surface area contributed by atoms with E-state index >= 15 is 0 Å². The van der Waals surface area contributed by atoms with Gasteiger partial charge in [-0.25, -0.2) is 14.1 Å². The van der Waals surface area contributed by atoms with E-state index in [1.165, 1.54) is 24.3 Å². The molecule has 2 aromatic rings.